The van der Waals surface area contributed by atoms with Crippen LogP contribution >= 0.6 is 0 Å². The minimum atomic E-state index is 0.0547. The summed E-state index contributed by atoms with van der Waals surface area (Å²) in [6.45, 7) is 6.24. The Hall–Kier alpha value is -0.570. The Morgan fingerprint density at radius 3 is 2.36 bits per heavy atom. The number of nitrogens with one attached hydrogen (secondary N) is 1. The van der Waals surface area contributed by atoms with Crippen molar-refractivity contribution in [3.8, 4) is 0 Å². The third-order valence-electron chi connectivity index (χ3n) is 1.49. The Morgan fingerprint density at radius 2 is 2.00 bits per heavy atom. The molecule has 0 radical (unpaired) electrons. The maximum absolute atomic E-state index is 11.0. The molecule has 0 fully saturated rings. The molecule has 0 rings (SSSR count). The predicted octanol–water partition coefficient (Wildman–Crippen LogP) is 0.793. The molecule has 3 heteroatoms. The zero-order valence-corrected chi connectivity index (χ0v) is 7.68. The molecule has 0 spiro atoms. The van der Waals surface area contributed by atoms with Crippen molar-refractivity contribution in [2.24, 2.45) is 5.92 Å². The highest BCUT2D eigenvalue weighted by molar-refractivity contribution is 5.77. The molecule has 0 aromatic carbocycles. The van der Waals surface area contributed by atoms with Crippen molar-refractivity contribution in [3.63, 3.8) is 0 Å². The number of rotatable bonds is 4. The Labute approximate surface area is 68.1 Å². The van der Waals surface area contributed by atoms with E-state index in [1.54, 1.807) is 7.11 Å². The standard InChI is InChI=1S/C8H17NO2/c1-6(2)8(10)9-5-7(3)11-4/h6-7H,5H2,1-4H3,(H,9,10). The van der Waals surface area contributed by atoms with Gasteiger partial charge in [0.15, 0.2) is 0 Å². The van der Waals surface area contributed by atoms with E-state index in [-0.39, 0.29) is 17.9 Å². The van der Waals surface area contributed by atoms with Crippen molar-refractivity contribution in [1.29, 1.82) is 0 Å². The lowest BCUT2D eigenvalue weighted by Gasteiger charge is -2.11. The summed E-state index contributed by atoms with van der Waals surface area (Å²) in [5.41, 5.74) is 0. The maximum atomic E-state index is 11.0. The number of methoxy groups -OCH3 is 1. The van der Waals surface area contributed by atoms with Gasteiger partial charge >= 0.3 is 0 Å². The highest BCUT2D eigenvalue weighted by atomic mass is 16.5. The molecule has 0 bridgehead atoms. The van der Waals surface area contributed by atoms with Crippen LogP contribution < -0.4 is 5.32 Å². The van der Waals surface area contributed by atoms with Gasteiger partial charge in [0.2, 0.25) is 5.91 Å². The lowest BCUT2D eigenvalue weighted by molar-refractivity contribution is -0.124. The first-order valence-electron chi connectivity index (χ1n) is 3.88. The van der Waals surface area contributed by atoms with Crippen molar-refractivity contribution in [2.45, 2.75) is 26.9 Å². The van der Waals surface area contributed by atoms with Gasteiger partial charge in [-0.3, -0.25) is 4.79 Å². The van der Waals surface area contributed by atoms with Crippen LogP contribution in [0.25, 0.3) is 0 Å². The average Bonchev–Trinajstić information content (AvgIpc) is 1.99. The van der Waals surface area contributed by atoms with Crippen LogP contribution in [0.15, 0.2) is 0 Å². The topological polar surface area (TPSA) is 38.3 Å². The molecule has 11 heavy (non-hydrogen) atoms. The second-order valence-corrected chi connectivity index (χ2v) is 2.95. The van der Waals surface area contributed by atoms with Gasteiger partial charge in [0.25, 0.3) is 0 Å². The highest BCUT2D eigenvalue weighted by Gasteiger charge is 2.07. The van der Waals surface area contributed by atoms with Crippen LogP contribution in [0.4, 0.5) is 0 Å². The lowest BCUT2D eigenvalue weighted by atomic mass is 10.2. The molecule has 0 aliphatic heterocycles. The number of hydrogen-bond acceptors (Lipinski definition) is 2. The van der Waals surface area contributed by atoms with E-state index in [4.69, 9.17) is 4.74 Å². The minimum absolute atomic E-state index is 0.0547. The van der Waals surface area contributed by atoms with Gasteiger partial charge in [0, 0.05) is 19.6 Å². The van der Waals surface area contributed by atoms with E-state index in [1.165, 1.54) is 0 Å². The Kier molecular flexibility index (Phi) is 4.86. The SMILES string of the molecule is COC(C)CNC(=O)C(C)C. The second-order valence-electron chi connectivity index (χ2n) is 2.95. The van der Waals surface area contributed by atoms with Gasteiger partial charge in [-0.25, -0.2) is 0 Å². The maximum Gasteiger partial charge on any atom is 0.222 e. The van der Waals surface area contributed by atoms with Crippen LogP contribution in [0.2, 0.25) is 0 Å². The van der Waals surface area contributed by atoms with Gasteiger partial charge in [-0.05, 0) is 6.92 Å². The largest absolute Gasteiger partial charge is 0.380 e. The van der Waals surface area contributed by atoms with Crippen LogP contribution in [0.5, 0.6) is 0 Å². The van der Waals surface area contributed by atoms with Crippen LogP contribution in [0.3, 0.4) is 0 Å². The summed E-state index contributed by atoms with van der Waals surface area (Å²) in [4.78, 5) is 11.0. The van der Waals surface area contributed by atoms with Crippen molar-refractivity contribution in [3.05, 3.63) is 0 Å². The fourth-order valence-electron chi connectivity index (χ4n) is 0.532. The molecule has 0 aliphatic rings. The first kappa shape index (κ1) is 10.4. The van der Waals surface area contributed by atoms with E-state index >= 15 is 0 Å². The van der Waals surface area contributed by atoms with E-state index in [2.05, 4.69) is 5.32 Å². The van der Waals surface area contributed by atoms with Gasteiger partial charge in [0.1, 0.15) is 0 Å². The monoisotopic (exact) mass is 159 g/mol. The molecule has 1 amide bonds. The molecule has 66 valence electrons. The van der Waals surface area contributed by atoms with Crippen molar-refractivity contribution in [2.75, 3.05) is 13.7 Å². The summed E-state index contributed by atoms with van der Waals surface area (Å²) < 4.78 is 4.97. The van der Waals surface area contributed by atoms with Gasteiger partial charge in [-0.15, -0.1) is 0 Å². The summed E-state index contributed by atoms with van der Waals surface area (Å²) in [5.74, 6) is 0.132. The predicted molar refractivity (Wildman–Crippen MR) is 44.3 cm³/mol. The Balaban J connectivity index is 3.46. The third-order valence-corrected chi connectivity index (χ3v) is 1.49. The third kappa shape index (κ3) is 4.79. The molecule has 0 saturated carbocycles. The van der Waals surface area contributed by atoms with Gasteiger partial charge in [-0.1, -0.05) is 13.8 Å². The summed E-state index contributed by atoms with van der Waals surface area (Å²) in [6, 6.07) is 0. The van der Waals surface area contributed by atoms with Crippen molar-refractivity contribution < 1.29 is 9.53 Å². The van der Waals surface area contributed by atoms with Gasteiger partial charge in [0.05, 0.1) is 6.10 Å². The number of carbonyl (C=O) groups is 1. The number of amides is 1. The van der Waals surface area contributed by atoms with Gasteiger partial charge < -0.3 is 10.1 Å². The molecule has 0 aliphatic carbocycles. The molecule has 0 aromatic rings. The summed E-state index contributed by atoms with van der Waals surface area (Å²) >= 11 is 0. The molecular formula is C8H17NO2. The molecule has 1 atom stereocenters. The molecule has 1 N–H and O–H groups in total. The Bertz CT molecular complexity index is 123. The van der Waals surface area contributed by atoms with E-state index in [1.807, 2.05) is 20.8 Å². The first-order chi connectivity index (χ1) is 5.07. The molecular weight excluding hydrogens is 142 g/mol. The Morgan fingerprint density at radius 1 is 1.45 bits per heavy atom. The van der Waals surface area contributed by atoms with E-state index < -0.39 is 0 Å². The van der Waals surface area contributed by atoms with Crippen molar-refractivity contribution >= 4 is 5.91 Å². The average molecular weight is 159 g/mol. The fraction of sp³-hybridized carbons (Fsp3) is 0.875. The lowest BCUT2D eigenvalue weighted by Crippen LogP contribution is -2.34. The number of hydrogen-bond donors (Lipinski definition) is 1. The minimum Gasteiger partial charge on any atom is -0.380 e. The normalized spacial score (nSPS) is 13.2. The smallest absolute Gasteiger partial charge is 0.222 e. The fourth-order valence-corrected chi connectivity index (χ4v) is 0.532. The summed E-state index contributed by atoms with van der Waals surface area (Å²) in [7, 11) is 1.63. The molecule has 0 saturated heterocycles. The van der Waals surface area contributed by atoms with Crippen molar-refractivity contribution in [1.82, 2.24) is 5.32 Å². The molecule has 1 unspecified atom stereocenters. The first-order valence-corrected chi connectivity index (χ1v) is 3.88. The summed E-state index contributed by atoms with van der Waals surface area (Å²) in [6.07, 6.45) is 0.0951. The number of ether oxygens (including phenoxy) is 1. The van der Waals surface area contributed by atoms with E-state index in [0.717, 1.165) is 0 Å². The molecule has 0 heterocycles. The van der Waals surface area contributed by atoms with E-state index in [9.17, 15) is 4.79 Å². The van der Waals surface area contributed by atoms with Crippen LogP contribution in [0.1, 0.15) is 20.8 Å². The number of carbonyl (C=O) groups excluding carboxylic acids is 1. The molecule has 0 aromatic heterocycles. The van der Waals surface area contributed by atoms with Crippen LogP contribution in [-0.4, -0.2) is 25.7 Å². The van der Waals surface area contributed by atoms with E-state index in [0.29, 0.717) is 6.54 Å². The summed E-state index contributed by atoms with van der Waals surface area (Å²) in [5, 5.41) is 2.77. The van der Waals surface area contributed by atoms with Gasteiger partial charge in [-0.2, -0.15) is 0 Å². The zero-order valence-electron chi connectivity index (χ0n) is 7.68. The van der Waals surface area contributed by atoms with Crippen LogP contribution in [0, 0.1) is 5.92 Å². The molecule has 3 nitrogen and oxygen atoms in total. The van der Waals surface area contributed by atoms with Crippen LogP contribution in [-0.2, 0) is 9.53 Å². The second kappa shape index (κ2) is 5.13. The zero-order chi connectivity index (χ0) is 8.85. The highest BCUT2D eigenvalue weighted by Crippen LogP contribution is 1.91. The quantitative estimate of drug-likeness (QED) is 0.658.